The summed E-state index contributed by atoms with van der Waals surface area (Å²) in [4.78, 5) is 0. The van der Waals surface area contributed by atoms with E-state index in [1.165, 1.54) is 154 Å². The zero-order chi connectivity index (χ0) is 23.1. The molecule has 0 bridgehead atoms. The van der Waals surface area contributed by atoms with Crippen molar-refractivity contribution in [3.63, 3.8) is 0 Å². The first-order valence-electron chi connectivity index (χ1n) is 14.9. The van der Waals surface area contributed by atoms with E-state index in [9.17, 15) is 0 Å². The molecule has 0 aromatic carbocycles. The van der Waals surface area contributed by atoms with Crippen LogP contribution in [0.5, 0.6) is 0 Å². The third-order valence-corrected chi connectivity index (χ3v) is 7.10. The molecule has 2 heteroatoms. The van der Waals surface area contributed by atoms with Crippen molar-refractivity contribution in [2.75, 3.05) is 0 Å². The van der Waals surface area contributed by atoms with Gasteiger partial charge in [-0.1, -0.05) is 124 Å². The van der Waals surface area contributed by atoms with Crippen LogP contribution in [0, 0.1) is 0 Å². The summed E-state index contributed by atoms with van der Waals surface area (Å²) in [5.41, 5.74) is 0. The highest BCUT2D eigenvalue weighted by atomic mass is 15.1. The van der Waals surface area contributed by atoms with Gasteiger partial charge >= 0.3 is 0 Å². The standard InChI is InChI=1S/C30H59N2/c1-4-7-10-13-15-17-19-22-25-30-31(26-23-20-12-9-6-3)28-29-32(30)27-24-21-18-16-14-11-8-5-2/h28-29H,4-27H2,1-3H3/q+1. The number of imidazole rings is 1. The Balaban J connectivity index is 2.38. The van der Waals surface area contributed by atoms with E-state index in [1.54, 1.807) is 5.82 Å². The van der Waals surface area contributed by atoms with Crippen molar-refractivity contribution >= 4 is 0 Å². The molecule has 2 nitrogen and oxygen atoms in total. The lowest BCUT2D eigenvalue weighted by Gasteiger charge is -2.07. The summed E-state index contributed by atoms with van der Waals surface area (Å²) >= 11 is 0. The van der Waals surface area contributed by atoms with Gasteiger partial charge in [-0.3, -0.25) is 0 Å². The summed E-state index contributed by atoms with van der Waals surface area (Å²) in [6, 6.07) is 0. The van der Waals surface area contributed by atoms with Gasteiger partial charge in [-0.15, -0.1) is 0 Å². The van der Waals surface area contributed by atoms with Crippen LogP contribution in [0.15, 0.2) is 12.4 Å². The SMILES string of the molecule is CCCCCCCCCCc1n(CCCCCCCCCC)cc[n+]1CCCCCCC. The Morgan fingerprint density at radius 3 is 1.50 bits per heavy atom. The Kier molecular flexibility index (Phi) is 20.1. The van der Waals surface area contributed by atoms with Crippen LogP contribution in [-0.4, -0.2) is 4.57 Å². The lowest BCUT2D eigenvalue weighted by Crippen LogP contribution is -2.37. The van der Waals surface area contributed by atoms with Gasteiger partial charge in [0.1, 0.15) is 12.4 Å². The van der Waals surface area contributed by atoms with E-state index < -0.39 is 0 Å². The molecule has 0 aliphatic carbocycles. The Labute approximate surface area is 202 Å². The molecule has 1 aromatic rings. The minimum Gasteiger partial charge on any atom is -0.234 e. The maximum Gasteiger partial charge on any atom is 0.256 e. The Morgan fingerprint density at radius 2 is 0.969 bits per heavy atom. The summed E-state index contributed by atoms with van der Waals surface area (Å²) in [5.74, 6) is 1.61. The molecule has 1 aromatic heterocycles. The molecular formula is C30H59N2+. The normalized spacial score (nSPS) is 11.5. The zero-order valence-electron chi connectivity index (χ0n) is 22.5. The smallest absolute Gasteiger partial charge is 0.234 e. The molecule has 188 valence electrons. The number of unbranched alkanes of at least 4 members (excludes halogenated alkanes) is 18. The summed E-state index contributed by atoms with van der Waals surface area (Å²) in [6.07, 6.45) is 35.5. The molecule has 0 amide bonds. The van der Waals surface area contributed by atoms with E-state index >= 15 is 0 Å². The Hall–Kier alpha value is -0.790. The number of nitrogens with zero attached hydrogens (tertiary/aromatic N) is 2. The van der Waals surface area contributed by atoms with Gasteiger partial charge < -0.3 is 0 Å². The van der Waals surface area contributed by atoms with Gasteiger partial charge in [-0.2, -0.15) is 0 Å². The van der Waals surface area contributed by atoms with E-state index in [-0.39, 0.29) is 0 Å². The average molecular weight is 448 g/mol. The fourth-order valence-corrected chi connectivity index (χ4v) is 4.91. The summed E-state index contributed by atoms with van der Waals surface area (Å²) in [6.45, 7) is 9.37. The molecule has 0 radical (unpaired) electrons. The second kappa shape index (κ2) is 22.0. The van der Waals surface area contributed by atoms with Crippen LogP contribution < -0.4 is 4.57 Å². The highest BCUT2D eigenvalue weighted by Crippen LogP contribution is 2.13. The molecule has 0 aliphatic heterocycles. The minimum absolute atomic E-state index is 1.22. The van der Waals surface area contributed by atoms with E-state index in [0.29, 0.717) is 0 Å². The van der Waals surface area contributed by atoms with Crippen molar-refractivity contribution in [2.24, 2.45) is 0 Å². The fraction of sp³-hybridized carbons (Fsp3) is 0.900. The molecule has 0 atom stereocenters. The monoisotopic (exact) mass is 447 g/mol. The largest absolute Gasteiger partial charge is 0.256 e. The lowest BCUT2D eigenvalue weighted by atomic mass is 10.1. The molecule has 0 unspecified atom stereocenters. The fourth-order valence-electron chi connectivity index (χ4n) is 4.91. The van der Waals surface area contributed by atoms with Crippen LogP contribution in [-0.2, 0) is 19.5 Å². The minimum atomic E-state index is 1.22. The second-order valence-electron chi connectivity index (χ2n) is 10.2. The van der Waals surface area contributed by atoms with Crippen molar-refractivity contribution in [1.29, 1.82) is 0 Å². The van der Waals surface area contributed by atoms with Gasteiger partial charge in [0.25, 0.3) is 5.82 Å². The Bertz CT molecular complexity index is 505. The quantitative estimate of drug-likeness (QED) is 0.110. The van der Waals surface area contributed by atoms with Gasteiger partial charge in [0.15, 0.2) is 0 Å². The van der Waals surface area contributed by atoms with Crippen molar-refractivity contribution in [2.45, 2.75) is 175 Å². The first kappa shape index (κ1) is 29.2. The summed E-state index contributed by atoms with van der Waals surface area (Å²) < 4.78 is 5.20. The van der Waals surface area contributed by atoms with Gasteiger partial charge in [0, 0.05) is 6.42 Å². The van der Waals surface area contributed by atoms with Gasteiger partial charge in [-0.05, 0) is 32.1 Å². The predicted molar refractivity (Wildman–Crippen MR) is 142 cm³/mol. The molecule has 32 heavy (non-hydrogen) atoms. The van der Waals surface area contributed by atoms with Crippen LogP contribution in [0.25, 0.3) is 0 Å². The zero-order valence-corrected chi connectivity index (χ0v) is 22.5. The molecule has 0 fully saturated rings. The van der Waals surface area contributed by atoms with Crippen molar-refractivity contribution in [1.82, 2.24) is 4.57 Å². The number of hydrogen-bond acceptors (Lipinski definition) is 0. The molecule has 0 saturated carbocycles. The van der Waals surface area contributed by atoms with E-state index in [2.05, 4.69) is 42.3 Å². The Morgan fingerprint density at radius 1 is 0.531 bits per heavy atom. The molecule has 1 heterocycles. The summed E-state index contributed by atoms with van der Waals surface area (Å²) in [7, 11) is 0. The second-order valence-corrected chi connectivity index (χ2v) is 10.2. The first-order valence-corrected chi connectivity index (χ1v) is 14.9. The van der Waals surface area contributed by atoms with Gasteiger partial charge in [-0.25, -0.2) is 9.13 Å². The van der Waals surface area contributed by atoms with E-state index in [4.69, 9.17) is 0 Å². The van der Waals surface area contributed by atoms with Crippen LogP contribution in [0.4, 0.5) is 0 Å². The average Bonchev–Trinajstić information content (AvgIpc) is 3.18. The third kappa shape index (κ3) is 15.1. The van der Waals surface area contributed by atoms with Crippen LogP contribution in [0.3, 0.4) is 0 Å². The maximum absolute atomic E-state index is 2.60. The maximum atomic E-state index is 2.60. The van der Waals surface area contributed by atoms with Crippen LogP contribution in [0.2, 0.25) is 0 Å². The summed E-state index contributed by atoms with van der Waals surface area (Å²) in [5, 5.41) is 0. The number of hydrogen-bond donors (Lipinski definition) is 0. The molecule has 0 saturated heterocycles. The van der Waals surface area contributed by atoms with E-state index in [0.717, 1.165) is 0 Å². The number of aromatic nitrogens is 2. The molecule has 0 N–H and O–H groups in total. The third-order valence-electron chi connectivity index (χ3n) is 7.10. The van der Waals surface area contributed by atoms with Crippen LogP contribution >= 0.6 is 0 Å². The molecule has 1 rings (SSSR count). The molecule has 0 spiro atoms. The first-order chi connectivity index (χ1) is 15.8. The highest BCUT2D eigenvalue weighted by molar-refractivity contribution is 4.84. The number of aryl methyl sites for hydroxylation is 2. The van der Waals surface area contributed by atoms with E-state index in [1.807, 2.05) is 0 Å². The van der Waals surface area contributed by atoms with Gasteiger partial charge in [0.05, 0.1) is 13.1 Å². The van der Waals surface area contributed by atoms with Gasteiger partial charge in [0.2, 0.25) is 0 Å². The molecule has 0 aliphatic rings. The van der Waals surface area contributed by atoms with Crippen LogP contribution in [0.1, 0.15) is 161 Å². The molecular weight excluding hydrogens is 388 g/mol. The highest BCUT2D eigenvalue weighted by Gasteiger charge is 2.16. The number of rotatable bonds is 24. The van der Waals surface area contributed by atoms with Crippen molar-refractivity contribution < 1.29 is 4.57 Å². The predicted octanol–water partition coefficient (Wildman–Crippen LogP) is 9.57. The van der Waals surface area contributed by atoms with Crippen molar-refractivity contribution in [3.8, 4) is 0 Å². The van der Waals surface area contributed by atoms with Crippen molar-refractivity contribution in [3.05, 3.63) is 18.2 Å². The lowest BCUT2D eigenvalue weighted by molar-refractivity contribution is -0.704. The topological polar surface area (TPSA) is 8.81 Å².